The number of hydrogen-bond acceptors (Lipinski definition) is 6. The van der Waals surface area contributed by atoms with Crippen LogP contribution in [-0.4, -0.2) is 95.7 Å². The lowest BCUT2D eigenvalue weighted by Crippen LogP contribution is -2.62. The molecule has 0 bridgehead atoms. The fraction of sp³-hybridized carbons (Fsp3) is 0.576. The number of alkyl halides is 1. The Bertz CT molecular complexity index is 1470. The Morgan fingerprint density at radius 3 is 2.70 bits per heavy atom. The molecule has 3 aliphatic rings. The molecule has 0 spiro atoms. The van der Waals surface area contributed by atoms with Crippen LogP contribution in [0.3, 0.4) is 0 Å². The molecule has 1 unspecified atom stereocenters. The van der Waals surface area contributed by atoms with Gasteiger partial charge in [0.25, 0.3) is 0 Å². The van der Waals surface area contributed by atoms with Gasteiger partial charge in [-0.15, -0.1) is 0 Å². The number of aromatic nitrogens is 2. The first-order chi connectivity index (χ1) is 20.5. The first-order valence-corrected chi connectivity index (χ1v) is 15.5. The Morgan fingerprint density at radius 1 is 1.21 bits per heavy atom. The Hall–Kier alpha value is -2.92. The highest BCUT2D eigenvalue weighted by Crippen LogP contribution is 2.43. The van der Waals surface area contributed by atoms with Crippen LogP contribution in [0.5, 0.6) is 0 Å². The van der Waals surface area contributed by atoms with E-state index in [-0.39, 0.29) is 23.2 Å². The standard InChI is InChI=1S/C33H44F2N6O2/c1-21-15-39(27(14-36-21)16-38-10-11-43-19-22(38)2)18-30(42)41-20-33(4,5)31-29(41)13-25(12-24-6-8-26(35)9-7-24)32-37-28(23(3)34)17-40(31)32/h6-9,13,17,21-23,27,36H,10-12,14-16,18-20H2,1-5H3/t21-,22-,23?,27-/m1/s1. The smallest absolute Gasteiger partial charge is 0.241 e. The minimum atomic E-state index is -1.22. The largest absolute Gasteiger partial charge is 0.379 e. The van der Waals surface area contributed by atoms with Crippen molar-refractivity contribution in [3.8, 4) is 0 Å². The second-order valence-electron chi connectivity index (χ2n) is 13.4. The Balaban J connectivity index is 1.33. The van der Waals surface area contributed by atoms with Crippen LogP contribution in [0.25, 0.3) is 5.65 Å². The number of piperazine rings is 1. The van der Waals surface area contributed by atoms with Gasteiger partial charge in [-0.05, 0) is 44.5 Å². The van der Waals surface area contributed by atoms with Crippen molar-refractivity contribution in [2.45, 2.75) is 70.8 Å². The third kappa shape index (κ3) is 6.07. The van der Waals surface area contributed by atoms with Crippen molar-refractivity contribution in [2.75, 3.05) is 57.4 Å². The van der Waals surface area contributed by atoms with Crippen molar-refractivity contribution in [1.29, 1.82) is 0 Å². The number of nitrogens with zero attached hydrogens (tertiary/aromatic N) is 5. The number of imidazole rings is 1. The normalized spacial score (nSPS) is 25.3. The maximum absolute atomic E-state index is 14.5. The summed E-state index contributed by atoms with van der Waals surface area (Å²) in [4.78, 5) is 25.7. The lowest BCUT2D eigenvalue weighted by molar-refractivity contribution is -0.121. The van der Waals surface area contributed by atoms with Crippen LogP contribution >= 0.6 is 0 Å². The number of rotatable bonds is 7. The second kappa shape index (κ2) is 11.9. The van der Waals surface area contributed by atoms with Crippen molar-refractivity contribution in [3.63, 3.8) is 0 Å². The third-order valence-corrected chi connectivity index (χ3v) is 9.32. The summed E-state index contributed by atoms with van der Waals surface area (Å²) in [6, 6.07) is 9.32. The third-order valence-electron chi connectivity index (χ3n) is 9.32. The molecule has 4 atom stereocenters. The molecule has 1 N–H and O–H groups in total. The van der Waals surface area contributed by atoms with Crippen LogP contribution in [0.2, 0.25) is 0 Å². The number of carbonyl (C=O) groups is 1. The number of anilines is 1. The van der Waals surface area contributed by atoms with Crippen LogP contribution < -0.4 is 10.2 Å². The average molecular weight is 595 g/mol. The first kappa shape index (κ1) is 30.1. The lowest BCUT2D eigenvalue weighted by atomic mass is 9.90. The van der Waals surface area contributed by atoms with E-state index in [0.29, 0.717) is 42.9 Å². The predicted molar refractivity (Wildman–Crippen MR) is 164 cm³/mol. The summed E-state index contributed by atoms with van der Waals surface area (Å²) in [7, 11) is 0. The van der Waals surface area contributed by atoms with Gasteiger partial charge in [-0.3, -0.25) is 14.6 Å². The molecule has 10 heteroatoms. The van der Waals surface area contributed by atoms with Crippen molar-refractivity contribution in [3.05, 3.63) is 64.9 Å². The molecule has 0 radical (unpaired) electrons. The lowest BCUT2D eigenvalue weighted by Gasteiger charge is -2.43. The van der Waals surface area contributed by atoms with Gasteiger partial charge in [0.05, 0.1) is 36.8 Å². The molecule has 8 nitrogen and oxygen atoms in total. The monoisotopic (exact) mass is 594 g/mol. The van der Waals surface area contributed by atoms with E-state index < -0.39 is 6.17 Å². The number of hydrogen-bond donors (Lipinski definition) is 1. The van der Waals surface area contributed by atoms with Gasteiger partial charge in [0.15, 0.2) is 0 Å². The molecule has 5 heterocycles. The fourth-order valence-electron chi connectivity index (χ4n) is 6.98. The van der Waals surface area contributed by atoms with Crippen LogP contribution in [0.4, 0.5) is 14.5 Å². The molecule has 3 aromatic rings. The molecule has 2 aromatic heterocycles. The SMILES string of the molecule is CC(F)c1cn2c3c(cc(Cc4ccc(F)cc4)c2n1)N(C(=O)CN1C[C@@H](C)NC[C@@H]1CN1CCOC[C@H]1C)CC3(C)C. The molecule has 2 saturated heterocycles. The summed E-state index contributed by atoms with van der Waals surface area (Å²) in [5.74, 6) is -0.230. The summed E-state index contributed by atoms with van der Waals surface area (Å²) < 4.78 is 35.8. The molecule has 6 rings (SSSR count). The van der Waals surface area contributed by atoms with Gasteiger partial charge in [0.2, 0.25) is 5.91 Å². The quantitative estimate of drug-likeness (QED) is 0.445. The van der Waals surface area contributed by atoms with E-state index in [9.17, 15) is 13.6 Å². The summed E-state index contributed by atoms with van der Waals surface area (Å²) in [5, 5.41) is 3.61. The summed E-state index contributed by atoms with van der Waals surface area (Å²) in [5.41, 5.74) is 4.29. The Kier molecular flexibility index (Phi) is 8.32. The number of halogens is 2. The minimum absolute atomic E-state index is 0.0623. The number of pyridine rings is 1. The van der Waals surface area contributed by atoms with Gasteiger partial charge >= 0.3 is 0 Å². The van der Waals surface area contributed by atoms with Crippen molar-refractivity contribution >= 4 is 17.2 Å². The van der Waals surface area contributed by atoms with E-state index in [1.165, 1.54) is 19.1 Å². The van der Waals surface area contributed by atoms with Gasteiger partial charge in [-0.25, -0.2) is 13.8 Å². The maximum Gasteiger partial charge on any atom is 0.241 e. The number of fused-ring (bicyclic) bond motifs is 3. The first-order valence-electron chi connectivity index (χ1n) is 15.5. The van der Waals surface area contributed by atoms with Gasteiger partial charge in [0.1, 0.15) is 17.6 Å². The highest BCUT2D eigenvalue weighted by Gasteiger charge is 2.42. The molecule has 2 fully saturated rings. The van der Waals surface area contributed by atoms with Gasteiger partial charge in [0, 0.05) is 74.4 Å². The second-order valence-corrected chi connectivity index (χ2v) is 13.4. The highest BCUT2D eigenvalue weighted by atomic mass is 19.1. The number of nitrogens with one attached hydrogen (secondary N) is 1. The van der Waals surface area contributed by atoms with Crippen LogP contribution in [0, 0.1) is 5.82 Å². The van der Waals surface area contributed by atoms with Crippen LogP contribution in [-0.2, 0) is 21.4 Å². The van der Waals surface area contributed by atoms with E-state index in [0.717, 1.165) is 61.9 Å². The van der Waals surface area contributed by atoms with Crippen molar-refractivity contribution < 1.29 is 18.3 Å². The molecule has 0 saturated carbocycles. The Labute approximate surface area is 253 Å². The topological polar surface area (TPSA) is 65.4 Å². The van der Waals surface area contributed by atoms with Crippen LogP contribution in [0.1, 0.15) is 63.3 Å². The molecule has 3 aliphatic heterocycles. The van der Waals surface area contributed by atoms with E-state index in [1.54, 1.807) is 18.3 Å². The fourth-order valence-corrected chi connectivity index (χ4v) is 6.98. The molecule has 43 heavy (non-hydrogen) atoms. The van der Waals surface area contributed by atoms with Crippen molar-refractivity contribution in [1.82, 2.24) is 24.5 Å². The zero-order chi connectivity index (χ0) is 30.5. The average Bonchev–Trinajstić information content (AvgIpc) is 3.52. The van der Waals surface area contributed by atoms with Gasteiger partial charge in [-0.1, -0.05) is 26.0 Å². The number of benzene rings is 1. The number of carbonyl (C=O) groups excluding carboxylic acids is 1. The molecular weight excluding hydrogens is 550 g/mol. The zero-order valence-electron chi connectivity index (χ0n) is 25.9. The minimum Gasteiger partial charge on any atom is -0.379 e. The number of morpholine rings is 1. The maximum atomic E-state index is 14.5. The van der Waals surface area contributed by atoms with E-state index in [1.807, 2.05) is 15.4 Å². The molecular formula is C33H44F2N6O2. The van der Waals surface area contributed by atoms with E-state index in [4.69, 9.17) is 9.72 Å². The van der Waals surface area contributed by atoms with Gasteiger partial charge < -0.3 is 19.4 Å². The number of amides is 1. The number of ether oxygens (including phenoxy) is 1. The summed E-state index contributed by atoms with van der Waals surface area (Å²) >= 11 is 0. The van der Waals surface area contributed by atoms with E-state index >= 15 is 0 Å². The molecule has 1 amide bonds. The molecule has 0 aliphatic carbocycles. The highest BCUT2D eigenvalue weighted by molar-refractivity contribution is 5.98. The Morgan fingerprint density at radius 2 is 1.98 bits per heavy atom. The van der Waals surface area contributed by atoms with Gasteiger partial charge in [-0.2, -0.15) is 0 Å². The summed E-state index contributed by atoms with van der Waals surface area (Å²) in [6.07, 6.45) is 1.05. The predicted octanol–water partition coefficient (Wildman–Crippen LogP) is 4.10. The van der Waals surface area contributed by atoms with Crippen LogP contribution in [0.15, 0.2) is 36.5 Å². The molecule has 232 valence electrons. The van der Waals surface area contributed by atoms with Crippen molar-refractivity contribution in [2.24, 2.45) is 0 Å². The zero-order valence-corrected chi connectivity index (χ0v) is 25.9. The molecule has 1 aromatic carbocycles. The van der Waals surface area contributed by atoms with E-state index in [2.05, 4.69) is 42.8 Å². The summed E-state index contributed by atoms with van der Waals surface area (Å²) in [6.45, 7) is 15.9.